The highest BCUT2D eigenvalue weighted by Gasteiger charge is 2.34. The standard InChI is InChI=1S/C27H33F2NO/c1-2-3-4-5-21-6-8-22(9-7-21)10-11-23-12-16-25(17-13-23)27(28,29)31-26-18-14-24(20-30)15-19-26/h12-19,21-22H,2-11H2,1H3. The van der Waals surface area contributed by atoms with E-state index in [0.29, 0.717) is 5.56 Å². The van der Waals surface area contributed by atoms with Crippen molar-refractivity contribution in [1.82, 2.24) is 0 Å². The molecule has 0 amide bonds. The molecule has 1 fully saturated rings. The lowest BCUT2D eigenvalue weighted by Crippen LogP contribution is -2.21. The Labute approximate surface area is 185 Å². The number of nitrogens with zero attached hydrogens (tertiary/aromatic N) is 1. The summed E-state index contributed by atoms with van der Waals surface area (Å²) in [5.41, 5.74) is 1.35. The molecule has 2 nitrogen and oxygen atoms in total. The minimum atomic E-state index is -3.41. The Bertz CT molecular complexity index is 831. The number of benzene rings is 2. The second kappa shape index (κ2) is 11.3. The maximum Gasteiger partial charge on any atom is 0.426 e. The number of rotatable bonds is 10. The Morgan fingerprint density at radius 3 is 2.10 bits per heavy atom. The maximum atomic E-state index is 14.5. The molecule has 1 saturated carbocycles. The van der Waals surface area contributed by atoms with Crippen LogP contribution in [0.1, 0.15) is 81.4 Å². The predicted octanol–water partition coefficient (Wildman–Crippen LogP) is 8.01. The summed E-state index contributed by atoms with van der Waals surface area (Å²) in [4.78, 5) is 0. The molecule has 2 aromatic rings. The van der Waals surface area contributed by atoms with E-state index in [-0.39, 0.29) is 11.3 Å². The van der Waals surface area contributed by atoms with Gasteiger partial charge in [0, 0.05) is 0 Å². The summed E-state index contributed by atoms with van der Waals surface area (Å²) in [6.07, 6.45) is 9.40. The zero-order valence-electron chi connectivity index (χ0n) is 18.5. The number of unbranched alkanes of at least 4 members (excludes halogenated alkanes) is 2. The zero-order chi connectivity index (χ0) is 22.1. The first-order valence-corrected chi connectivity index (χ1v) is 11.7. The van der Waals surface area contributed by atoms with Gasteiger partial charge < -0.3 is 4.74 Å². The molecule has 0 saturated heterocycles. The smallest absolute Gasteiger partial charge is 0.426 e. The molecule has 1 aliphatic carbocycles. The molecular weight excluding hydrogens is 392 g/mol. The van der Waals surface area contributed by atoms with Crippen LogP contribution in [-0.2, 0) is 12.5 Å². The number of aryl methyl sites for hydroxylation is 1. The monoisotopic (exact) mass is 425 g/mol. The molecule has 0 spiro atoms. The summed E-state index contributed by atoms with van der Waals surface area (Å²) in [6.45, 7) is 2.26. The first-order chi connectivity index (χ1) is 15.0. The molecule has 0 heterocycles. The summed E-state index contributed by atoms with van der Waals surface area (Å²) < 4.78 is 33.9. The molecule has 0 N–H and O–H groups in total. The van der Waals surface area contributed by atoms with Gasteiger partial charge in [-0.1, -0.05) is 70.4 Å². The van der Waals surface area contributed by atoms with E-state index in [1.54, 1.807) is 12.1 Å². The normalized spacial score (nSPS) is 19.0. The third kappa shape index (κ3) is 7.06. The van der Waals surface area contributed by atoms with Crippen LogP contribution in [0, 0.1) is 23.2 Å². The zero-order valence-corrected chi connectivity index (χ0v) is 18.5. The van der Waals surface area contributed by atoms with Gasteiger partial charge in [-0.05, 0) is 66.6 Å². The number of hydrogen-bond acceptors (Lipinski definition) is 2. The first-order valence-electron chi connectivity index (χ1n) is 11.7. The van der Waals surface area contributed by atoms with E-state index in [0.717, 1.165) is 30.2 Å². The second-order valence-corrected chi connectivity index (χ2v) is 8.87. The van der Waals surface area contributed by atoms with Crippen LogP contribution in [0.3, 0.4) is 0 Å². The van der Waals surface area contributed by atoms with Crippen LogP contribution >= 0.6 is 0 Å². The molecule has 1 aliphatic rings. The van der Waals surface area contributed by atoms with Crippen LogP contribution in [0.2, 0.25) is 0 Å². The highest BCUT2D eigenvalue weighted by molar-refractivity contribution is 5.35. The molecule has 3 rings (SSSR count). The highest BCUT2D eigenvalue weighted by atomic mass is 19.3. The summed E-state index contributed by atoms with van der Waals surface area (Å²) in [5, 5.41) is 8.80. The molecule has 0 unspecified atom stereocenters. The van der Waals surface area contributed by atoms with Gasteiger partial charge >= 0.3 is 6.11 Å². The van der Waals surface area contributed by atoms with Crippen molar-refractivity contribution in [1.29, 1.82) is 5.26 Å². The Morgan fingerprint density at radius 1 is 0.903 bits per heavy atom. The van der Waals surface area contributed by atoms with Crippen LogP contribution < -0.4 is 4.74 Å². The Kier molecular flexibility index (Phi) is 8.46. The number of ether oxygens (including phenoxy) is 1. The molecule has 0 bridgehead atoms. The number of halogens is 2. The third-order valence-electron chi connectivity index (χ3n) is 6.54. The number of alkyl halides is 2. The minimum Gasteiger partial charge on any atom is -0.429 e. The lowest BCUT2D eigenvalue weighted by molar-refractivity contribution is -0.185. The van der Waals surface area contributed by atoms with Crippen molar-refractivity contribution in [3.8, 4) is 11.8 Å². The highest BCUT2D eigenvalue weighted by Crippen LogP contribution is 2.35. The minimum absolute atomic E-state index is 0.0402. The van der Waals surface area contributed by atoms with Gasteiger partial charge in [-0.3, -0.25) is 0 Å². The Hall–Kier alpha value is -2.41. The molecule has 2 aromatic carbocycles. The van der Waals surface area contributed by atoms with Crippen molar-refractivity contribution in [2.45, 2.75) is 77.2 Å². The Morgan fingerprint density at radius 2 is 1.52 bits per heavy atom. The van der Waals surface area contributed by atoms with Crippen LogP contribution in [0.25, 0.3) is 0 Å². The van der Waals surface area contributed by atoms with Gasteiger partial charge in [0.05, 0.1) is 17.2 Å². The molecule has 4 heteroatoms. The largest absolute Gasteiger partial charge is 0.429 e. The fourth-order valence-electron chi connectivity index (χ4n) is 4.53. The van der Waals surface area contributed by atoms with E-state index in [1.165, 1.54) is 87.8 Å². The average Bonchev–Trinajstić information content (AvgIpc) is 2.79. The van der Waals surface area contributed by atoms with E-state index in [4.69, 9.17) is 10.00 Å². The fourth-order valence-corrected chi connectivity index (χ4v) is 4.53. The molecule has 31 heavy (non-hydrogen) atoms. The van der Waals surface area contributed by atoms with Crippen molar-refractivity contribution in [3.63, 3.8) is 0 Å². The molecule has 166 valence electrons. The molecule has 0 atom stereocenters. The second-order valence-electron chi connectivity index (χ2n) is 8.87. The maximum absolute atomic E-state index is 14.5. The molecule has 0 aromatic heterocycles. The third-order valence-corrected chi connectivity index (χ3v) is 6.54. The predicted molar refractivity (Wildman–Crippen MR) is 120 cm³/mol. The lowest BCUT2D eigenvalue weighted by atomic mass is 9.78. The first kappa shape index (κ1) is 23.3. The topological polar surface area (TPSA) is 33.0 Å². The van der Waals surface area contributed by atoms with Crippen LogP contribution in [-0.4, -0.2) is 0 Å². The van der Waals surface area contributed by atoms with Crippen molar-refractivity contribution >= 4 is 0 Å². The van der Waals surface area contributed by atoms with Crippen molar-refractivity contribution in [2.75, 3.05) is 0 Å². The summed E-state index contributed by atoms with van der Waals surface area (Å²) in [6, 6.07) is 14.2. The number of nitriles is 1. The van der Waals surface area contributed by atoms with Gasteiger partial charge in [0.2, 0.25) is 0 Å². The van der Waals surface area contributed by atoms with Gasteiger partial charge in [-0.25, -0.2) is 0 Å². The SMILES string of the molecule is CCCCCC1CCC(CCc2ccc(C(F)(F)Oc3ccc(C#N)cc3)cc2)CC1. The van der Waals surface area contributed by atoms with Crippen LogP contribution in [0.4, 0.5) is 8.78 Å². The van der Waals surface area contributed by atoms with Gasteiger partial charge in [0.25, 0.3) is 0 Å². The average molecular weight is 426 g/mol. The van der Waals surface area contributed by atoms with Crippen LogP contribution in [0.5, 0.6) is 5.75 Å². The Balaban J connectivity index is 1.46. The molecule has 0 radical (unpaired) electrons. The van der Waals surface area contributed by atoms with Gasteiger partial charge in [0.15, 0.2) is 0 Å². The van der Waals surface area contributed by atoms with Gasteiger partial charge in [0.1, 0.15) is 5.75 Å². The summed E-state index contributed by atoms with van der Waals surface area (Å²) >= 11 is 0. The van der Waals surface area contributed by atoms with Gasteiger partial charge in [-0.2, -0.15) is 14.0 Å². The summed E-state index contributed by atoms with van der Waals surface area (Å²) in [5.74, 6) is 1.72. The summed E-state index contributed by atoms with van der Waals surface area (Å²) in [7, 11) is 0. The van der Waals surface area contributed by atoms with Gasteiger partial charge in [-0.15, -0.1) is 0 Å². The van der Waals surface area contributed by atoms with Crippen molar-refractivity contribution in [2.24, 2.45) is 11.8 Å². The quantitative estimate of drug-likeness (QED) is 0.361. The fraction of sp³-hybridized carbons (Fsp3) is 0.519. The lowest BCUT2D eigenvalue weighted by Gasteiger charge is -2.28. The molecular formula is C27H33F2NO. The van der Waals surface area contributed by atoms with E-state index in [2.05, 4.69) is 6.92 Å². The van der Waals surface area contributed by atoms with Crippen molar-refractivity contribution in [3.05, 3.63) is 65.2 Å². The van der Waals surface area contributed by atoms with E-state index >= 15 is 0 Å². The number of hydrogen-bond donors (Lipinski definition) is 0. The van der Waals surface area contributed by atoms with E-state index in [1.807, 2.05) is 6.07 Å². The van der Waals surface area contributed by atoms with E-state index in [9.17, 15) is 8.78 Å². The molecule has 0 aliphatic heterocycles. The van der Waals surface area contributed by atoms with E-state index < -0.39 is 6.11 Å². The van der Waals surface area contributed by atoms with Crippen molar-refractivity contribution < 1.29 is 13.5 Å². The van der Waals surface area contributed by atoms with Crippen LogP contribution in [0.15, 0.2) is 48.5 Å².